The van der Waals surface area contributed by atoms with Crippen LogP contribution in [0.4, 0.5) is 4.79 Å². The lowest BCUT2D eigenvalue weighted by atomic mass is 9.76. The van der Waals surface area contributed by atoms with Crippen LogP contribution < -0.4 is 14.8 Å². The molecule has 5 atom stereocenters. The lowest BCUT2D eigenvalue weighted by Crippen LogP contribution is -2.52. The van der Waals surface area contributed by atoms with Crippen LogP contribution in [0.5, 0.6) is 11.5 Å². The maximum absolute atomic E-state index is 14.0. The van der Waals surface area contributed by atoms with E-state index in [9.17, 15) is 28.2 Å². The molecule has 0 spiro atoms. The molecule has 334 valence electrons. The number of thiophene rings is 1. The maximum Gasteiger partial charge on any atom is 0.407 e. The zero-order chi connectivity index (χ0) is 44.2. The second-order valence-electron chi connectivity index (χ2n) is 17.7. The lowest BCUT2D eigenvalue weighted by Gasteiger charge is -2.33. The van der Waals surface area contributed by atoms with E-state index in [0.717, 1.165) is 51.3 Å². The topological polar surface area (TPSA) is 170 Å². The smallest absolute Gasteiger partial charge is 0.407 e. The number of carboxylic acids is 1. The van der Waals surface area contributed by atoms with Gasteiger partial charge in [-0.3, -0.25) is 0 Å². The fraction of sp³-hybridized carbons (Fsp3) is 0.489. The molecule has 2 saturated heterocycles. The summed E-state index contributed by atoms with van der Waals surface area (Å²) < 4.78 is 58.0. The summed E-state index contributed by atoms with van der Waals surface area (Å²) in [5, 5.41) is 25.1. The van der Waals surface area contributed by atoms with Crippen molar-refractivity contribution in [3.63, 3.8) is 0 Å². The number of nitrogens with zero attached hydrogens (tertiary/aromatic N) is 1. The van der Waals surface area contributed by atoms with Crippen molar-refractivity contribution in [2.75, 3.05) is 33.4 Å². The Morgan fingerprint density at radius 3 is 2.35 bits per heavy atom. The number of aryl methyl sites for hydroxylation is 1. The molecule has 2 fully saturated rings. The van der Waals surface area contributed by atoms with Crippen LogP contribution in [0.2, 0.25) is 0 Å². The Morgan fingerprint density at radius 2 is 1.66 bits per heavy atom. The van der Waals surface area contributed by atoms with Crippen molar-refractivity contribution >= 4 is 33.4 Å². The largest absolute Gasteiger partial charge is 0.497 e. The van der Waals surface area contributed by atoms with Gasteiger partial charge in [0.05, 0.1) is 42.9 Å². The minimum atomic E-state index is -4.05. The molecular formula is C47H58N2O11S2. The molecule has 3 N–H and O–H groups in total. The molecule has 3 aliphatic rings. The van der Waals surface area contributed by atoms with Gasteiger partial charge in [-0.1, -0.05) is 64.1 Å². The minimum Gasteiger partial charge on any atom is -0.497 e. The van der Waals surface area contributed by atoms with Crippen molar-refractivity contribution in [3.05, 3.63) is 99.9 Å². The number of ether oxygens (including phenoxy) is 5. The number of aliphatic hydroxyl groups excluding tert-OH is 1. The van der Waals surface area contributed by atoms with E-state index in [1.807, 2.05) is 50.2 Å². The van der Waals surface area contributed by atoms with Gasteiger partial charge in [-0.2, -0.15) is 4.31 Å². The number of carboxylic acid groups (broad SMARTS) is 1. The Balaban J connectivity index is 1.08. The zero-order valence-electron chi connectivity index (χ0n) is 36.0. The SMILES string of the molecule is COc1ccc(S(=O)(=O)N(CC(C)C)C[C@@H](O)[C@H](Cc2ccc(OCc3ccccc3-c3sc4c(c3C(=O)O)CC(C)(C)CC4)cc2)NC(=O)O[C@H]2CCO[C@H]3OCC[C@H]32)cc1. The van der Waals surface area contributed by atoms with Crippen molar-refractivity contribution in [3.8, 4) is 21.9 Å². The number of alkyl carbamates (subject to hydrolysis) is 1. The van der Waals surface area contributed by atoms with Gasteiger partial charge in [0.15, 0.2) is 6.29 Å². The van der Waals surface area contributed by atoms with E-state index in [4.69, 9.17) is 23.7 Å². The van der Waals surface area contributed by atoms with Crippen molar-refractivity contribution in [1.29, 1.82) is 0 Å². The van der Waals surface area contributed by atoms with E-state index in [1.54, 1.807) is 35.6 Å². The molecule has 62 heavy (non-hydrogen) atoms. The number of methoxy groups -OCH3 is 1. The van der Waals surface area contributed by atoms with Crippen LogP contribution in [0, 0.1) is 17.3 Å². The third-order valence-electron chi connectivity index (χ3n) is 12.0. The van der Waals surface area contributed by atoms with Crippen LogP contribution in [0.3, 0.4) is 0 Å². The molecule has 1 amide bonds. The third-order valence-corrected chi connectivity index (χ3v) is 15.1. The highest BCUT2D eigenvalue weighted by atomic mass is 32.2. The number of rotatable bonds is 17. The molecule has 2 aliphatic heterocycles. The third kappa shape index (κ3) is 10.6. The van der Waals surface area contributed by atoms with Crippen LogP contribution >= 0.6 is 11.3 Å². The average Bonchev–Trinajstić information content (AvgIpc) is 3.88. The van der Waals surface area contributed by atoms with E-state index < -0.39 is 46.6 Å². The molecule has 15 heteroatoms. The molecule has 3 heterocycles. The standard InChI is InChI=1S/C47H58N2O11S2/c1-29(2)26-49(62(54,55)34-16-14-32(56-5)15-17-34)27-39(50)38(48-46(53)60-40-20-23-58-45-36(40)19-22-57-45)24-30-10-12-33(13-11-30)59-28-31-8-6-7-9-35(31)43-42(44(51)52)37-25-47(3,4)21-18-41(37)61-43/h6-17,29,36,38-40,45,50H,18-28H2,1-5H3,(H,48,53)(H,51,52)/t36-,38-,39+,40-,45+/m0/s1. The highest BCUT2D eigenvalue weighted by molar-refractivity contribution is 7.89. The maximum atomic E-state index is 14.0. The van der Waals surface area contributed by atoms with E-state index in [-0.39, 0.29) is 48.3 Å². The quantitative estimate of drug-likeness (QED) is 0.0949. The predicted molar refractivity (Wildman–Crippen MR) is 235 cm³/mol. The number of hydrogen-bond donors (Lipinski definition) is 3. The van der Waals surface area contributed by atoms with Gasteiger partial charge in [0.25, 0.3) is 0 Å². The summed E-state index contributed by atoms with van der Waals surface area (Å²) in [5.41, 5.74) is 3.82. The summed E-state index contributed by atoms with van der Waals surface area (Å²) in [6.07, 6.45) is 1.03. The molecule has 0 unspecified atom stereocenters. The van der Waals surface area contributed by atoms with Crippen molar-refractivity contribution in [2.45, 2.75) is 102 Å². The van der Waals surface area contributed by atoms with Crippen LogP contribution in [0.1, 0.15) is 78.9 Å². The molecule has 13 nitrogen and oxygen atoms in total. The molecule has 3 aromatic carbocycles. The molecule has 0 saturated carbocycles. The molecule has 1 aliphatic carbocycles. The molecule has 4 aromatic rings. The molecule has 7 rings (SSSR count). The summed E-state index contributed by atoms with van der Waals surface area (Å²) in [5.74, 6) is -0.00203. The number of nitrogens with one attached hydrogen (secondary N) is 1. The van der Waals surface area contributed by atoms with Gasteiger partial charge in [-0.25, -0.2) is 18.0 Å². The van der Waals surface area contributed by atoms with Gasteiger partial charge in [-0.15, -0.1) is 11.3 Å². The number of aromatic carboxylic acids is 1. The summed E-state index contributed by atoms with van der Waals surface area (Å²) in [6, 6.07) is 20.2. The zero-order valence-corrected chi connectivity index (χ0v) is 37.6. The van der Waals surface area contributed by atoms with Crippen LogP contribution in [0.15, 0.2) is 77.7 Å². The van der Waals surface area contributed by atoms with Gasteiger partial charge in [-0.05, 0) is 102 Å². The van der Waals surface area contributed by atoms with E-state index in [0.29, 0.717) is 43.1 Å². The first kappa shape index (κ1) is 45.5. The van der Waals surface area contributed by atoms with Gasteiger partial charge in [0.1, 0.15) is 24.2 Å². The number of hydrogen-bond acceptors (Lipinski definition) is 11. The predicted octanol–water partition coefficient (Wildman–Crippen LogP) is 7.71. The van der Waals surface area contributed by atoms with Crippen molar-refractivity contribution in [2.24, 2.45) is 17.3 Å². The van der Waals surface area contributed by atoms with E-state index in [1.165, 1.54) is 23.5 Å². The average molecular weight is 891 g/mol. The molecule has 1 aromatic heterocycles. The van der Waals surface area contributed by atoms with Crippen molar-refractivity contribution in [1.82, 2.24) is 9.62 Å². The minimum absolute atomic E-state index is 0.0359. The Morgan fingerprint density at radius 1 is 0.968 bits per heavy atom. The number of carbonyl (C=O) groups is 2. The highest BCUT2D eigenvalue weighted by Gasteiger charge is 2.41. The lowest BCUT2D eigenvalue weighted by molar-refractivity contribution is -0.179. The molecular weight excluding hydrogens is 833 g/mol. The summed E-state index contributed by atoms with van der Waals surface area (Å²) in [7, 11) is -2.55. The fourth-order valence-electron chi connectivity index (χ4n) is 8.63. The number of benzene rings is 3. The number of aliphatic hydroxyl groups is 1. The van der Waals surface area contributed by atoms with Gasteiger partial charge in [0.2, 0.25) is 10.0 Å². The van der Waals surface area contributed by atoms with Gasteiger partial charge >= 0.3 is 12.1 Å². The Labute approximate surface area is 368 Å². The normalized spacial score (nSPS) is 20.5. The fourth-order valence-corrected chi connectivity index (χ4v) is 11.6. The molecule has 0 bridgehead atoms. The molecule has 0 radical (unpaired) electrons. The first-order valence-electron chi connectivity index (χ1n) is 21.3. The summed E-state index contributed by atoms with van der Waals surface area (Å²) in [4.78, 5) is 28.2. The Bertz CT molecular complexity index is 2290. The summed E-state index contributed by atoms with van der Waals surface area (Å²) >= 11 is 1.57. The van der Waals surface area contributed by atoms with E-state index >= 15 is 0 Å². The van der Waals surface area contributed by atoms with Gasteiger partial charge < -0.3 is 39.2 Å². The Hall–Kier alpha value is -4.51. The van der Waals surface area contributed by atoms with Gasteiger partial charge in [0, 0.05) is 35.2 Å². The monoisotopic (exact) mass is 890 g/mol. The number of sulfonamides is 1. The van der Waals surface area contributed by atoms with Crippen LogP contribution in [-0.4, -0.2) is 93.0 Å². The van der Waals surface area contributed by atoms with E-state index in [2.05, 4.69) is 19.2 Å². The second-order valence-corrected chi connectivity index (χ2v) is 20.7. The second kappa shape index (κ2) is 19.5. The van der Waals surface area contributed by atoms with Crippen LogP contribution in [-0.2, 0) is 50.1 Å². The first-order chi connectivity index (χ1) is 29.6. The summed E-state index contributed by atoms with van der Waals surface area (Å²) in [6.45, 7) is 9.11. The highest BCUT2D eigenvalue weighted by Crippen LogP contribution is 2.46. The van der Waals surface area contributed by atoms with Crippen molar-refractivity contribution < 1.29 is 51.9 Å². The Kier molecular flexibility index (Phi) is 14.3. The van der Waals surface area contributed by atoms with Crippen LogP contribution in [0.25, 0.3) is 10.4 Å². The number of amides is 1. The first-order valence-corrected chi connectivity index (χ1v) is 23.6. The number of carbonyl (C=O) groups excluding carboxylic acids is 1. The number of fused-ring (bicyclic) bond motifs is 2.